The fraction of sp³-hybridized carbons (Fsp3) is 0.913. The van der Waals surface area contributed by atoms with Crippen molar-refractivity contribution in [3.63, 3.8) is 0 Å². The van der Waals surface area contributed by atoms with Crippen molar-refractivity contribution in [3.05, 3.63) is 0 Å². The molecule has 4 aliphatic rings. The first-order valence-electron chi connectivity index (χ1n) is 11.5. The van der Waals surface area contributed by atoms with Crippen LogP contribution < -0.4 is 0 Å². The van der Waals surface area contributed by atoms with E-state index in [4.69, 9.17) is 0 Å². The molecule has 176 valence electrons. The lowest BCUT2D eigenvalue weighted by Gasteiger charge is -2.66. The smallest absolute Gasteiger partial charge is 0.306 e. The number of hydrogen-bond donors (Lipinski definition) is 5. The molecular formula is C23H35BrO7. The van der Waals surface area contributed by atoms with Gasteiger partial charge in [0.1, 0.15) is 0 Å². The lowest BCUT2D eigenvalue weighted by molar-refractivity contribution is -0.183. The van der Waals surface area contributed by atoms with Gasteiger partial charge in [-0.3, -0.25) is 9.59 Å². The monoisotopic (exact) mass is 502 g/mol. The highest BCUT2D eigenvalue weighted by Gasteiger charge is 2.69. The lowest BCUT2D eigenvalue weighted by atomic mass is 9.43. The molecule has 4 saturated carbocycles. The molecule has 7 nitrogen and oxygen atoms in total. The Morgan fingerprint density at radius 2 is 1.55 bits per heavy atom. The van der Waals surface area contributed by atoms with Crippen molar-refractivity contribution in [2.24, 2.45) is 28.6 Å². The second-order valence-electron chi connectivity index (χ2n) is 11.3. The van der Waals surface area contributed by atoms with E-state index in [9.17, 15) is 35.1 Å². The van der Waals surface area contributed by atoms with Gasteiger partial charge in [-0.25, -0.2) is 0 Å². The van der Waals surface area contributed by atoms with Crippen molar-refractivity contribution in [2.75, 3.05) is 6.61 Å². The summed E-state index contributed by atoms with van der Waals surface area (Å²) < 4.78 is -0.526. The number of alkyl halides is 1. The van der Waals surface area contributed by atoms with Crippen LogP contribution in [0, 0.1) is 28.6 Å². The van der Waals surface area contributed by atoms with Gasteiger partial charge in [-0.2, -0.15) is 0 Å². The molecular weight excluding hydrogens is 468 g/mol. The van der Waals surface area contributed by atoms with Crippen LogP contribution in [0.15, 0.2) is 0 Å². The first-order chi connectivity index (χ1) is 14.3. The maximum Gasteiger partial charge on any atom is 0.306 e. The van der Waals surface area contributed by atoms with E-state index in [1.165, 1.54) is 0 Å². The van der Waals surface area contributed by atoms with Gasteiger partial charge in [-0.1, -0.05) is 22.9 Å². The first-order valence-corrected chi connectivity index (χ1v) is 12.3. The van der Waals surface area contributed by atoms with Crippen LogP contribution in [0.1, 0.15) is 77.6 Å². The molecule has 0 aromatic carbocycles. The Kier molecular flexibility index (Phi) is 5.60. The Morgan fingerprint density at radius 1 is 0.903 bits per heavy atom. The predicted octanol–water partition coefficient (Wildman–Crippen LogP) is 2.93. The van der Waals surface area contributed by atoms with Gasteiger partial charge in [0.05, 0.1) is 30.7 Å². The molecule has 5 N–H and O–H groups in total. The van der Waals surface area contributed by atoms with Gasteiger partial charge in [-0.05, 0) is 81.0 Å². The topological polar surface area (TPSA) is 135 Å². The molecule has 0 aromatic rings. The van der Waals surface area contributed by atoms with Gasteiger partial charge < -0.3 is 25.5 Å². The Bertz CT molecular complexity index is 775. The first kappa shape index (κ1) is 23.5. The third kappa shape index (κ3) is 3.30. The quantitative estimate of drug-likeness (QED) is 0.364. The Balaban J connectivity index is 1.64. The zero-order chi connectivity index (χ0) is 22.9. The summed E-state index contributed by atoms with van der Waals surface area (Å²) in [5.74, 6) is -1.29. The van der Waals surface area contributed by atoms with E-state index in [2.05, 4.69) is 22.9 Å². The summed E-state index contributed by atoms with van der Waals surface area (Å²) in [6.45, 7) is 2.03. The largest absolute Gasteiger partial charge is 0.481 e. The minimum Gasteiger partial charge on any atom is -0.481 e. The Labute approximate surface area is 191 Å². The molecule has 4 rings (SSSR count). The molecule has 0 bridgehead atoms. The molecule has 0 aromatic heterocycles. The van der Waals surface area contributed by atoms with E-state index in [0.717, 1.165) is 25.7 Å². The number of hydrogen-bond acceptors (Lipinski definition) is 5. The van der Waals surface area contributed by atoms with Crippen LogP contribution in [-0.2, 0) is 9.59 Å². The minimum absolute atomic E-state index is 0.0224. The number of carboxylic acids is 2. The number of carbonyl (C=O) groups is 2. The molecule has 0 radical (unpaired) electrons. The fourth-order valence-electron chi connectivity index (χ4n) is 8.51. The van der Waals surface area contributed by atoms with Crippen molar-refractivity contribution in [3.8, 4) is 0 Å². The molecule has 0 unspecified atom stereocenters. The van der Waals surface area contributed by atoms with E-state index in [0.29, 0.717) is 32.1 Å². The predicted molar refractivity (Wildman–Crippen MR) is 116 cm³/mol. The number of aliphatic hydroxyl groups excluding tert-OH is 1. The lowest BCUT2D eigenvalue weighted by Crippen LogP contribution is -2.65. The van der Waals surface area contributed by atoms with Crippen LogP contribution >= 0.6 is 15.9 Å². The van der Waals surface area contributed by atoms with Crippen LogP contribution in [-0.4, -0.2) is 59.6 Å². The molecule has 0 spiro atoms. The zero-order valence-electron chi connectivity index (χ0n) is 18.1. The molecule has 4 aliphatic carbocycles. The summed E-state index contributed by atoms with van der Waals surface area (Å²) in [6.07, 6.45) is 5.08. The number of carboxylic acid groups (broad SMARTS) is 2. The molecule has 0 heterocycles. The summed E-state index contributed by atoms with van der Waals surface area (Å²) >= 11 is 3.92. The van der Waals surface area contributed by atoms with Gasteiger partial charge in [0, 0.05) is 9.74 Å². The van der Waals surface area contributed by atoms with Gasteiger partial charge in [0.25, 0.3) is 0 Å². The second kappa shape index (κ2) is 7.40. The summed E-state index contributed by atoms with van der Waals surface area (Å²) in [6, 6.07) is 0. The summed E-state index contributed by atoms with van der Waals surface area (Å²) in [4.78, 5) is 22.8. The molecule has 0 aliphatic heterocycles. The van der Waals surface area contributed by atoms with Gasteiger partial charge in [0.2, 0.25) is 0 Å². The summed E-state index contributed by atoms with van der Waals surface area (Å²) in [5.41, 5.74) is -3.37. The normalized spacial score (nSPS) is 51.5. The van der Waals surface area contributed by atoms with Gasteiger partial charge in [-0.15, -0.1) is 0 Å². The van der Waals surface area contributed by atoms with Crippen molar-refractivity contribution in [2.45, 2.75) is 93.1 Å². The maximum absolute atomic E-state index is 11.5. The third-order valence-corrected chi connectivity index (χ3v) is 11.6. The van der Waals surface area contributed by atoms with E-state index >= 15 is 0 Å². The Morgan fingerprint density at radius 3 is 2.16 bits per heavy atom. The van der Waals surface area contributed by atoms with Crippen molar-refractivity contribution in [1.29, 1.82) is 0 Å². The average molecular weight is 503 g/mol. The highest BCUT2D eigenvalue weighted by molar-refractivity contribution is 9.10. The van der Waals surface area contributed by atoms with Crippen molar-refractivity contribution < 1.29 is 35.1 Å². The van der Waals surface area contributed by atoms with Crippen LogP contribution in [0.25, 0.3) is 0 Å². The summed E-state index contributed by atoms with van der Waals surface area (Å²) in [5, 5.41) is 51.7. The molecule has 4 fully saturated rings. The van der Waals surface area contributed by atoms with Crippen molar-refractivity contribution >= 4 is 27.9 Å². The number of fused-ring (bicyclic) bond motifs is 5. The summed E-state index contributed by atoms with van der Waals surface area (Å²) in [7, 11) is 0. The fourth-order valence-corrected chi connectivity index (χ4v) is 9.88. The molecule has 0 saturated heterocycles. The third-order valence-electron chi connectivity index (χ3n) is 10.1. The van der Waals surface area contributed by atoms with E-state index in [-0.39, 0.29) is 37.2 Å². The molecule has 0 amide bonds. The number of aliphatic hydroxyl groups is 3. The number of rotatable bonds is 5. The molecule has 8 atom stereocenters. The second-order valence-corrected chi connectivity index (χ2v) is 12.8. The van der Waals surface area contributed by atoms with E-state index < -0.39 is 38.3 Å². The zero-order valence-corrected chi connectivity index (χ0v) is 19.7. The Hall–Kier alpha value is -0.700. The minimum atomic E-state index is -1.28. The molecule has 31 heavy (non-hydrogen) atoms. The van der Waals surface area contributed by atoms with E-state index in [1.807, 2.05) is 0 Å². The van der Waals surface area contributed by atoms with E-state index in [1.54, 1.807) is 0 Å². The van der Waals surface area contributed by atoms with Gasteiger partial charge in [0.15, 0.2) is 0 Å². The SMILES string of the molecule is C[C@]12CC[C@H]3[C@@H](CC[C@@]4(Br)C[C@](O)(CC(=O)O)CC[C@]34CO)[C@@H]1CC[C@@]2(O)CC(=O)O. The van der Waals surface area contributed by atoms with Crippen LogP contribution in [0.2, 0.25) is 0 Å². The van der Waals surface area contributed by atoms with Crippen LogP contribution in [0.4, 0.5) is 0 Å². The average Bonchev–Trinajstić information content (AvgIpc) is 2.90. The number of halogens is 1. The highest BCUT2D eigenvalue weighted by atomic mass is 79.9. The maximum atomic E-state index is 11.5. The number of aliphatic carboxylic acids is 2. The standard InChI is InChI=1S/C23H35BrO7/c1-19-5-3-16-14(15(19)4-7-23(19,31)11-18(28)29)2-6-22(24)12-20(30,10-17(26)27)8-9-21(16,22)13-25/h14-16,25,30-31H,2-13H2,1H3,(H,26,27)(H,28,29)/t14-,15-,16-,19-,20+,21-,22+,23+/m0/s1. The highest BCUT2D eigenvalue weighted by Crippen LogP contribution is 2.71. The van der Waals surface area contributed by atoms with Crippen molar-refractivity contribution in [1.82, 2.24) is 0 Å². The van der Waals surface area contributed by atoms with Crippen LogP contribution in [0.3, 0.4) is 0 Å². The molecule has 8 heteroatoms. The van der Waals surface area contributed by atoms with Gasteiger partial charge >= 0.3 is 11.9 Å². The van der Waals surface area contributed by atoms with Crippen LogP contribution in [0.5, 0.6) is 0 Å².